The maximum absolute atomic E-state index is 5.99. The number of fused-ring (bicyclic) bond motifs is 1. The second-order valence-electron chi connectivity index (χ2n) is 4.73. The van der Waals surface area contributed by atoms with Crippen LogP contribution in [0.3, 0.4) is 0 Å². The zero-order valence-corrected chi connectivity index (χ0v) is 11.3. The topological polar surface area (TPSA) is 77.8 Å². The molecule has 0 radical (unpaired) electrons. The van der Waals surface area contributed by atoms with E-state index >= 15 is 0 Å². The molecule has 1 atom stereocenters. The summed E-state index contributed by atoms with van der Waals surface area (Å²) in [5.74, 6) is 0.958. The highest BCUT2D eigenvalue weighted by Crippen LogP contribution is 2.25. The van der Waals surface area contributed by atoms with Gasteiger partial charge in [0.2, 0.25) is 11.7 Å². The summed E-state index contributed by atoms with van der Waals surface area (Å²) in [5, 5.41) is 6.12. The van der Waals surface area contributed by atoms with Gasteiger partial charge in [0.1, 0.15) is 5.69 Å². The fraction of sp³-hybridized carbons (Fsp3) is 0.267. The van der Waals surface area contributed by atoms with Crippen molar-refractivity contribution in [1.82, 2.24) is 15.1 Å². The van der Waals surface area contributed by atoms with Crippen molar-refractivity contribution in [1.29, 1.82) is 0 Å². The number of aromatic nitrogens is 3. The average molecular weight is 268 g/mol. The molecule has 0 saturated carbocycles. The molecule has 5 nitrogen and oxygen atoms in total. The zero-order valence-electron chi connectivity index (χ0n) is 11.3. The zero-order chi connectivity index (χ0) is 13.9. The van der Waals surface area contributed by atoms with E-state index in [1.807, 2.05) is 30.3 Å². The van der Waals surface area contributed by atoms with Crippen LogP contribution in [-0.2, 0) is 0 Å². The minimum Gasteiger partial charge on any atom is -0.337 e. The molecule has 2 aromatic heterocycles. The van der Waals surface area contributed by atoms with Crippen molar-refractivity contribution in [2.45, 2.75) is 25.8 Å². The molecule has 0 aliphatic heterocycles. The SMILES string of the molecule is CCCC(N)c1nc(-c2nccc3ccccc23)no1. The number of benzene rings is 1. The summed E-state index contributed by atoms with van der Waals surface area (Å²) >= 11 is 0. The molecule has 1 aromatic carbocycles. The van der Waals surface area contributed by atoms with Gasteiger partial charge in [0.15, 0.2) is 0 Å². The Morgan fingerprint density at radius 2 is 2.10 bits per heavy atom. The predicted molar refractivity (Wildman–Crippen MR) is 76.9 cm³/mol. The molecule has 2 N–H and O–H groups in total. The van der Waals surface area contributed by atoms with Crippen LogP contribution in [0.4, 0.5) is 0 Å². The van der Waals surface area contributed by atoms with E-state index in [1.54, 1.807) is 6.20 Å². The van der Waals surface area contributed by atoms with Crippen LogP contribution in [0, 0.1) is 0 Å². The van der Waals surface area contributed by atoms with Crippen LogP contribution in [0.2, 0.25) is 0 Å². The highest BCUT2D eigenvalue weighted by Gasteiger charge is 2.16. The van der Waals surface area contributed by atoms with E-state index < -0.39 is 0 Å². The third-order valence-corrected chi connectivity index (χ3v) is 3.24. The third-order valence-electron chi connectivity index (χ3n) is 3.24. The standard InChI is InChI=1S/C15H16N4O/c1-2-5-12(16)15-18-14(19-20-15)13-11-7-4-3-6-10(11)8-9-17-13/h3-4,6-9,12H,2,5,16H2,1H3. The minimum atomic E-state index is -0.212. The highest BCUT2D eigenvalue weighted by atomic mass is 16.5. The van der Waals surface area contributed by atoms with Gasteiger partial charge in [0.05, 0.1) is 6.04 Å². The molecule has 102 valence electrons. The quantitative estimate of drug-likeness (QED) is 0.786. The monoisotopic (exact) mass is 268 g/mol. The van der Waals surface area contributed by atoms with Gasteiger partial charge in [-0.25, -0.2) is 0 Å². The van der Waals surface area contributed by atoms with Gasteiger partial charge >= 0.3 is 0 Å². The molecule has 0 bridgehead atoms. The summed E-state index contributed by atoms with van der Waals surface area (Å²) in [6.45, 7) is 2.07. The Morgan fingerprint density at radius 1 is 1.25 bits per heavy atom. The van der Waals surface area contributed by atoms with E-state index in [4.69, 9.17) is 10.3 Å². The van der Waals surface area contributed by atoms with Crippen molar-refractivity contribution in [3.05, 3.63) is 42.4 Å². The summed E-state index contributed by atoms with van der Waals surface area (Å²) in [6, 6.07) is 9.74. The summed E-state index contributed by atoms with van der Waals surface area (Å²) < 4.78 is 5.26. The molecule has 2 heterocycles. The van der Waals surface area contributed by atoms with Crippen molar-refractivity contribution in [3.63, 3.8) is 0 Å². The Hall–Kier alpha value is -2.27. The van der Waals surface area contributed by atoms with E-state index in [-0.39, 0.29) is 6.04 Å². The van der Waals surface area contributed by atoms with Gasteiger partial charge in [0.25, 0.3) is 0 Å². The molecule has 3 aromatic rings. The number of pyridine rings is 1. The van der Waals surface area contributed by atoms with E-state index in [0.29, 0.717) is 11.7 Å². The lowest BCUT2D eigenvalue weighted by Crippen LogP contribution is -2.09. The third kappa shape index (κ3) is 2.28. The predicted octanol–water partition coefficient (Wildman–Crippen LogP) is 3.08. The first-order valence-corrected chi connectivity index (χ1v) is 6.73. The van der Waals surface area contributed by atoms with Crippen LogP contribution in [0.25, 0.3) is 22.3 Å². The summed E-state index contributed by atoms with van der Waals surface area (Å²) in [5.41, 5.74) is 6.72. The minimum absolute atomic E-state index is 0.212. The maximum atomic E-state index is 5.99. The van der Waals surface area contributed by atoms with Crippen molar-refractivity contribution < 1.29 is 4.52 Å². The van der Waals surface area contributed by atoms with Gasteiger partial charge in [-0.3, -0.25) is 4.98 Å². The molecule has 0 amide bonds. The van der Waals surface area contributed by atoms with Crippen LogP contribution in [0.15, 0.2) is 41.1 Å². The van der Waals surface area contributed by atoms with Crippen molar-refractivity contribution in [3.8, 4) is 11.5 Å². The second-order valence-corrected chi connectivity index (χ2v) is 4.73. The normalized spacial score (nSPS) is 12.7. The maximum Gasteiger partial charge on any atom is 0.243 e. The van der Waals surface area contributed by atoms with Gasteiger partial charge in [-0.2, -0.15) is 4.98 Å². The Bertz CT molecular complexity index is 717. The van der Waals surface area contributed by atoms with E-state index in [0.717, 1.165) is 29.3 Å². The van der Waals surface area contributed by atoms with Gasteiger partial charge in [-0.1, -0.05) is 42.8 Å². The lowest BCUT2D eigenvalue weighted by Gasteiger charge is -2.02. The second kappa shape index (κ2) is 5.38. The summed E-state index contributed by atoms with van der Waals surface area (Å²) in [7, 11) is 0. The fourth-order valence-corrected chi connectivity index (χ4v) is 2.21. The molecule has 20 heavy (non-hydrogen) atoms. The highest BCUT2D eigenvalue weighted by molar-refractivity contribution is 5.92. The van der Waals surface area contributed by atoms with Crippen molar-refractivity contribution >= 4 is 10.8 Å². The summed E-state index contributed by atoms with van der Waals surface area (Å²) in [6.07, 6.45) is 3.55. The van der Waals surface area contributed by atoms with Crippen molar-refractivity contribution in [2.75, 3.05) is 0 Å². The molecule has 3 rings (SSSR count). The Balaban J connectivity index is 2.03. The van der Waals surface area contributed by atoms with Crippen LogP contribution in [-0.4, -0.2) is 15.1 Å². The fourth-order valence-electron chi connectivity index (χ4n) is 2.21. The van der Waals surface area contributed by atoms with E-state index in [2.05, 4.69) is 22.0 Å². The summed E-state index contributed by atoms with van der Waals surface area (Å²) in [4.78, 5) is 8.75. The number of hydrogen-bond acceptors (Lipinski definition) is 5. The first-order valence-electron chi connectivity index (χ1n) is 6.73. The van der Waals surface area contributed by atoms with E-state index in [9.17, 15) is 0 Å². The first kappa shape index (κ1) is 12.7. The van der Waals surface area contributed by atoms with Gasteiger partial charge in [-0.05, 0) is 17.9 Å². The Kier molecular flexibility index (Phi) is 3.43. The molecule has 0 aliphatic rings. The smallest absolute Gasteiger partial charge is 0.243 e. The lowest BCUT2D eigenvalue weighted by atomic mass is 10.1. The molecular weight excluding hydrogens is 252 g/mol. The molecule has 0 aliphatic carbocycles. The van der Waals surface area contributed by atoms with Gasteiger partial charge in [0, 0.05) is 11.6 Å². The molecule has 5 heteroatoms. The van der Waals surface area contributed by atoms with Crippen LogP contribution in [0.5, 0.6) is 0 Å². The molecule has 0 saturated heterocycles. The number of nitrogens with zero attached hydrogens (tertiary/aromatic N) is 3. The Morgan fingerprint density at radius 3 is 2.95 bits per heavy atom. The van der Waals surface area contributed by atoms with Crippen LogP contribution >= 0.6 is 0 Å². The number of hydrogen-bond donors (Lipinski definition) is 1. The van der Waals surface area contributed by atoms with Crippen molar-refractivity contribution in [2.24, 2.45) is 5.73 Å². The van der Waals surface area contributed by atoms with Gasteiger partial charge < -0.3 is 10.3 Å². The number of rotatable bonds is 4. The molecule has 0 fully saturated rings. The molecular formula is C15H16N4O. The Labute approximate surface area is 116 Å². The van der Waals surface area contributed by atoms with Gasteiger partial charge in [-0.15, -0.1) is 0 Å². The van der Waals surface area contributed by atoms with Crippen LogP contribution < -0.4 is 5.73 Å². The van der Waals surface area contributed by atoms with E-state index in [1.165, 1.54) is 0 Å². The number of nitrogens with two attached hydrogens (primary N) is 1. The molecule has 1 unspecified atom stereocenters. The lowest BCUT2D eigenvalue weighted by molar-refractivity contribution is 0.348. The first-order chi connectivity index (χ1) is 9.79. The largest absolute Gasteiger partial charge is 0.337 e. The molecule has 0 spiro atoms. The van der Waals surface area contributed by atoms with Crippen LogP contribution in [0.1, 0.15) is 31.7 Å². The average Bonchev–Trinajstić information content (AvgIpc) is 2.97.